The molecule has 3 saturated heterocycles. The molecule has 2 N–H and O–H groups in total. The lowest BCUT2D eigenvalue weighted by Crippen LogP contribution is -2.36. The van der Waals surface area contributed by atoms with Crippen molar-refractivity contribution < 1.29 is 14.2 Å². The van der Waals surface area contributed by atoms with E-state index in [2.05, 4.69) is 27.1 Å². The van der Waals surface area contributed by atoms with Gasteiger partial charge in [-0.15, -0.1) is 0 Å². The molecule has 3 aliphatic rings. The Kier molecular flexibility index (Phi) is 6.65. The minimum Gasteiger partial charge on any atom is -0.508 e. The number of phenolic OH excluding ortho intramolecular Hbond substituents is 1. The number of anilines is 1. The van der Waals surface area contributed by atoms with Crippen LogP contribution in [-0.2, 0) is 0 Å². The normalized spacial score (nSPS) is 23.3. The Bertz CT molecular complexity index is 1600. The second-order valence-corrected chi connectivity index (χ2v) is 11.9. The van der Waals surface area contributed by atoms with E-state index >= 15 is 4.39 Å². The molecule has 3 atom stereocenters. The van der Waals surface area contributed by atoms with Gasteiger partial charge in [0, 0.05) is 42.2 Å². The zero-order valence-electron chi connectivity index (χ0n) is 22.5. The quantitative estimate of drug-likeness (QED) is 0.321. The highest BCUT2D eigenvalue weighted by Gasteiger charge is 2.32. The van der Waals surface area contributed by atoms with Crippen molar-refractivity contribution in [1.29, 1.82) is 0 Å². The van der Waals surface area contributed by atoms with Crippen molar-refractivity contribution in [3.05, 3.63) is 53.3 Å². The molecule has 3 aliphatic heterocycles. The number of halogens is 2. The third-order valence-electron chi connectivity index (χ3n) is 8.86. The van der Waals surface area contributed by atoms with Gasteiger partial charge in [0.25, 0.3) is 0 Å². The van der Waals surface area contributed by atoms with Gasteiger partial charge < -0.3 is 25.0 Å². The summed E-state index contributed by atoms with van der Waals surface area (Å²) in [7, 11) is 2.10. The van der Waals surface area contributed by atoms with Gasteiger partial charge >= 0.3 is 6.01 Å². The minimum absolute atomic E-state index is 0.0458. The molecule has 7 rings (SSSR count). The van der Waals surface area contributed by atoms with Crippen LogP contribution in [0.15, 0.2) is 42.5 Å². The summed E-state index contributed by atoms with van der Waals surface area (Å²) in [6, 6.07) is 13.9. The van der Waals surface area contributed by atoms with Crippen molar-refractivity contribution in [3.63, 3.8) is 0 Å². The average Bonchev–Trinajstić information content (AvgIpc) is 3.50. The van der Waals surface area contributed by atoms with Gasteiger partial charge in [-0.1, -0.05) is 35.9 Å². The fourth-order valence-electron chi connectivity index (χ4n) is 6.71. The first kappa shape index (κ1) is 25.7. The van der Waals surface area contributed by atoms with Gasteiger partial charge in [-0.25, -0.2) is 4.39 Å². The van der Waals surface area contributed by atoms with Crippen molar-refractivity contribution in [2.75, 3.05) is 38.2 Å². The molecule has 0 saturated carbocycles. The molecule has 4 aromatic rings. The van der Waals surface area contributed by atoms with Crippen LogP contribution in [0.3, 0.4) is 0 Å². The Morgan fingerprint density at radius 1 is 1.05 bits per heavy atom. The molecule has 3 fully saturated rings. The topological polar surface area (TPSA) is 73.8 Å². The molecule has 208 valence electrons. The summed E-state index contributed by atoms with van der Waals surface area (Å²) in [5.74, 6) is 0.158. The maximum absolute atomic E-state index is 16.7. The highest BCUT2D eigenvalue weighted by molar-refractivity contribution is 6.35. The van der Waals surface area contributed by atoms with Crippen molar-refractivity contribution in [2.24, 2.45) is 0 Å². The van der Waals surface area contributed by atoms with Gasteiger partial charge in [-0.3, -0.25) is 0 Å². The van der Waals surface area contributed by atoms with Gasteiger partial charge in [-0.2, -0.15) is 9.97 Å². The van der Waals surface area contributed by atoms with Gasteiger partial charge in [0.15, 0.2) is 5.82 Å². The molecule has 0 radical (unpaired) electrons. The number of phenols is 1. The fourth-order valence-corrected chi connectivity index (χ4v) is 7.00. The minimum atomic E-state index is -0.542. The van der Waals surface area contributed by atoms with E-state index in [4.69, 9.17) is 21.3 Å². The zero-order valence-corrected chi connectivity index (χ0v) is 23.3. The van der Waals surface area contributed by atoms with Crippen molar-refractivity contribution in [3.8, 4) is 22.9 Å². The smallest absolute Gasteiger partial charge is 0.319 e. The van der Waals surface area contributed by atoms with Crippen molar-refractivity contribution >= 4 is 39.1 Å². The Morgan fingerprint density at radius 2 is 1.90 bits per heavy atom. The number of likely N-dealkylation sites (N-methyl/N-ethyl adjacent to an activating group) is 1. The van der Waals surface area contributed by atoms with Crippen LogP contribution in [0.5, 0.6) is 11.8 Å². The monoisotopic (exact) mass is 561 g/mol. The molecule has 40 heavy (non-hydrogen) atoms. The third-order valence-corrected chi connectivity index (χ3v) is 9.16. The lowest BCUT2D eigenvalue weighted by Gasteiger charge is -2.27. The molecule has 0 spiro atoms. The lowest BCUT2D eigenvalue weighted by molar-refractivity contribution is 0.188. The summed E-state index contributed by atoms with van der Waals surface area (Å²) < 4.78 is 22.9. The molecule has 2 bridgehead atoms. The van der Waals surface area contributed by atoms with Crippen LogP contribution in [-0.4, -0.2) is 71.4 Å². The summed E-state index contributed by atoms with van der Waals surface area (Å²) in [6.07, 6.45) is 5.48. The van der Waals surface area contributed by atoms with E-state index in [1.54, 1.807) is 18.2 Å². The summed E-state index contributed by atoms with van der Waals surface area (Å²) in [5, 5.41) is 16.6. The molecular formula is C31H33ClFN5O2. The number of likely N-dealkylation sites (tertiary alicyclic amines) is 1. The number of ether oxygens (including phenoxy) is 1. The maximum atomic E-state index is 16.7. The molecule has 2 unspecified atom stereocenters. The van der Waals surface area contributed by atoms with E-state index in [9.17, 15) is 5.11 Å². The number of hydrogen-bond acceptors (Lipinski definition) is 7. The number of aromatic nitrogens is 2. The predicted molar refractivity (Wildman–Crippen MR) is 157 cm³/mol. The Hall–Kier alpha value is -3.20. The highest BCUT2D eigenvalue weighted by Crippen LogP contribution is 2.42. The van der Waals surface area contributed by atoms with Crippen LogP contribution in [0, 0.1) is 5.82 Å². The first-order valence-electron chi connectivity index (χ1n) is 14.2. The summed E-state index contributed by atoms with van der Waals surface area (Å²) in [5.41, 5.74) is 0.907. The van der Waals surface area contributed by atoms with Crippen LogP contribution in [0.1, 0.15) is 32.1 Å². The van der Waals surface area contributed by atoms with Crippen molar-refractivity contribution in [1.82, 2.24) is 20.2 Å². The molecular weight excluding hydrogens is 529 g/mol. The third kappa shape index (κ3) is 4.62. The van der Waals surface area contributed by atoms with E-state index < -0.39 is 5.82 Å². The summed E-state index contributed by atoms with van der Waals surface area (Å²) >= 11 is 6.86. The lowest BCUT2D eigenvalue weighted by atomic mass is 9.96. The van der Waals surface area contributed by atoms with E-state index in [0.717, 1.165) is 56.1 Å². The van der Waals surface area contributed by atoms with Crippen LogP contribution in [0.2, 0.25) is 5.02 Å². The largest absolute Gasteiger partial charge is 0.508 e. The van der Waals surface area contributed by atoms with Crippen LogP contribution >= 0.6 is 11.6 Å². The maximum Gasteiger partial charge on any atom is 0.319 e. The number of nitrogens with one attached hydrogen (secondary N) is 1. The summed E-state index contributed by atoms with van der Waals surface area (Å²) in [4.78, 5) is 14.0. The van der Waals surface area contributed by atoms with Crippen LogP contribution < -0.4 is 15.0 Å². The first-order chi connectivity index (χ1) is 19.4. The van der Waals surface area contributed by atoms with E-state index in [0.29, 0.717) is 35.5 Å². The van der Waals surface area contributed by atoms with Gasteiger partial charge in [0.05, 0.1) is 5.02 Å². The zero-order chi connectivity index (χ0) is 27.4. The standard InChI is InChI=1S/C31H33ClFN5O2/c1-37-11-4-6-21(37)17-40-31-35-29-25(30(36-31)38-12-10-19-8-9-20(16-38)34-19)15-26(32)27(28(29)33)24-14-22(39)13-18-5-2-3-7-23(18)24/h2-3,5,7,13-15,19-21,34,39H,4,6,8-12,16-17H2,1H3/t19?,20?,21-/m0/s1. The van der Waals surface area contributed by atoms with Gasteiger partial charge in [0.1, 0.15) is 23.7 Å². The number of hydrogen-bond donors (Lipinski definition) is 2. The molecule has 9 heteroatoms. The second kappa shape index (κ2) is 10.3. The van der Waals surface area contributed by atoms with Gasteiger partial charge in [0.2, 0.25) is 0 Å². The molecule has 1 aromatic heterocycles. The number of nitrogens with zero attached hydrogens (tertiary/aromatic N) is 4. The van der Waals surface area contributed by atoms with Crippen molar-refractivity contribution in [2.45, 2.75) is 50.2 Å². The van der Waals surface area contributed by atoms with Crippen LogP contribution in [0.4, 0.5) is 10.2 Å². The predicted octanol–water partition coefficient (Wildman–Crippen LogP) is 5.75. The Balaban J connectivity index is 1.38. The first-order valence-corrected chi connectivity index (χ1v) is 14.6. The van der Waals surface area contributed by atoms with E-state index in [1.807, 2.05) is 24.3 Å². The molecule has 0 amide bonds. The number of aromatic hydroxyl groups is 1. The number of rotatable bonds is 5. The van der Waals surface area contributed by atoms with Gasteiger partial charge in [-0.05, 0) is 80.2 Å². The van der Waals surface area contributed by atoms with E-state index in [1.165, 1.54) is 6.42 Å². The summed E-state index contributed by atoms with van der Waals surface area (Å²) in [6.45, 7) is 3.08. The molecule has 3 aromatic carbocycles. The highest BCUT2D eigenvalue weighted by atomic mass is 35.5. The van der Waals surface area contributed by atoms with Crippen LogP contribution in [0.25, 0.3) is 32.8 Å². The fraction of sp³-hybridized carbons (Fsp3) is 0.419. The number of fused-ring (bicyclic) bond motifs is 4. The Labute approximate surface area is 237 Å². The average molecular weight is 562 g/mol. The number of benzene rings is 3. The Morgan fingerprint density at radius 3 is 2.75 bits per heavy atom. The molecule has 4 heterocycles. The second-order valence-electron chi connectivity index (χ2n) is 11.4. The SMILES string of the molecule is CN1CCC[C@H]1COc1nc(N2CCC3CCC(C2)N3)c2cc(Cl)c(-c3cc(O)cc4ccccc34)c(F)c2n1. The molecule has 0 aliphatic carbocycles. The molecule has 7 nitrogen and oxygen atoms in total. The van der Waals surface area contributed by atoms with E-state index in [-0.39, 0.29) is 33.9 Å².